The van der Waals surface area contributed by atoms with Crippen molar-refractivity contribution in [1.29, 1.82) is 0 Å². The second-order valence-electron chi connectivity index (χ2n) is 11.0. The van der Waals surface area contributed by atoms with Gasteiger partial charge in [0.05, 0.1) is 37.6 Å². The van der Waals surface area contributed by atoms with E-state index >= 15 is 0 Å². The molecule has 0 saturated carbocycles. The van der Waals surface area contributed by atoms with E-state index in [2.05, 4.69) is 33.3 Å². The van der Waals surface area contributed by atoms with E-state index in [1.807, 2.05) is 6.20 Å². The largest absolute Gasteiger partial charge is 0.487 e. The molecule has 1 unspecified atom stereocenters. The highest BCUT2D eigenvalue weighted by Gasteiger charge is 2.38. The standard InChI is InChI=1S/C27H36F3N7O4/c1-17(33-21-13-32-34-26(39)24(21)27(28,29)30)15-40-10-5-23(38)36-8-9-37-20(14-36)16-41-22-11-19(12-31-25(22)37)18-3-6-35(2)7-4-18/h11-13,17-18,20H,3-10,14-16H2,1-2H3,(H2,33,34,39)/t17-,20?/m0/s1. The number of anilines is 2. The van der Waals surface area contributed by atoms with Crippen LogP contribution in [0.25, 0.3) is 0 Å². The van der Waals surface area contributed by atoms with Gasteiger partial charge in [-0.1, -0.05) is 0 Å². The van der Waals surface area contributed by atoms with Gasteiger partial charge in [-0.05, 0) is 57.5 Å². The van der Waals surface area contributed by atoms with Crippen LogP contribution in [-0.2, 0) is 15.7 Å². The monoisotopic (exact) mass is 579 g/mol. The molecule has 2 atom stereocenters. The van der Waals surface area contributed by atoms with Gasteiger partial charge in [-0.3, -0.25) is 9.59 Å². The minimum atomic E-state index is -4.83. The Morgan fingerprint density at radius 3 is 2.78 bits per heavy atom. The van der Waals surface area contributed by atoms with Gasteiger partial charge < -0.3 is 29.5 Å². The maximum atomic E-state index is 13.2. The number of pyridine rings is 1. The third-order valence-electron chi connectivity index (χ3n) is 7.95. The molecule has 2 saturated heterocycles. The Morgan fingerprint density at radius 2 is 2.02 bits per heavy atom. The molecule has 2 fully saturated rings. The predicted molar refractivity (Wildman–Crippen MR) is 145 cm³/mol. The highest BCUT2D eigenvalue weighted by atomic mass is 19.4. The molecule has 1 amide bonds. The number of likely N-dealkylation sites (tertiary alicyclic amines) is 1. The van der Waals surface area contributed by atoms with Crippen LogP contribution in [0.1, 0.15) is 43.2 Å². The number of rotatable bonds is 8. The van der Waals surface area contributed by atoms with E-state index in [9.17, 15) is 22.8 Å². The molecule has 41 heavy (non-hydrogen) atoms. The van der Waals surface area contributed by atoms with E-state index in [1.54, 1.807) is 16.9 Å². The number of H-pyrrole nitrogens is 1. The number of nitrogens with zero attached hydrogens (tertiary/aromatic N) is 5. The van der Waals surface area contributed by atoms with Crippen molar-refractivity contribution in [2.45, 2.75) is 50.4 Å². The number of piperidine rings is 1. The number of halogens is 3. The number of aromatic nitrogens is 3. The Hall–Kier alpha value is -3.39. The third kappa shape index (κ3) is 6.75. The zero-order valence-electron chi connectivity index (χ0n) is 23.2. The van der Waals surface area contributed by atoms with Crippen molar-refractivity contribution >= 4 is 17.4 Å². The lowest BCUT2D eigenvalue weighted by atomic mass is 9.90. The Kier molecular flexibility index (Phi) is 8.68. The summed E-state index contributed by atoms with van der Waals surface area (Å²) in [6.45, 7) is 6.16. The van der Waals surface area contributed by atoms with Crippen molar-refractivity contribution in [2.75, 3.05) is 69.8 Å². The SMILES string of the molecule is C[C@@H](COCCC(=O)N1CCN2c3ncc(C4CCN(C)CC4)cc3OCC2C1)Nc1cn[nH]c(=O)c1C(F)(F)F. The quantitative estimate of drug-likeness (QED) is 0.455. The van der Waals surface area contributed by atoms with Gasteiger partial charge in [0.2, 0.25) is 5.91 Å². The van der Waals surface area contributed by atoms with Gasteiger partial charge in [0.1, 0.15) is 12.2 Å². The van der Waals surface area contributed by atoms with Crippen LogP contribution >= 0.6 is 0 Å². The number of nitrogens with one attached hydrogen (secondary N) is 2. The lowest BCUT2D eigenvalue weighted by Gasteiger charge is -2.45. The predicted octanol–water partition coefficient (Wildman–Crippen LogP) is 2.31. The molecule has 0 aromatic carbocycles. The van der Waals surface area contributed by atoms with Crippen LogP contribution in [-0.4, -0.2) is 103 Å². The Bertz CT molecular complexity index is 1280. The first kappa shape index (κ1) is 29.1. The Balaban J connectivity index is 1.07. The van der Waals surface area contributed by atoms with E-state index in [0.717, 1.165) is 43.7 Å². The lowest BCUT2D eigenvalue weighted by Crippen LogP contribution is -2.58. The van der Waals surface area contributed by atoms with Gasteiger partial charge in [0.25, 0.3) is 5.56 Å². The Labute approximate surface area is 236 Å². The zero-order chi connectivity index (χ0) is 29.1. The number of fused-ring (bicyclic) bond motifs is 3. The molecular formula is C27H36F3N7O4. The lowest BCUT2D eigenvalue weighted by molar-refractivity contribution is -0.138. The van der Waals surface area contributed by atoms with Crippen molar-refractivity contribution in [3.63, 3.8) is 0 Å². The summed E-state index contributed by atoms with van der Waals surface area (Å²) in [5.74, 6) is 2.09. The van der Waals surface area contributed by atoms with Crippen LogP contribution in [0.3, 0.4) is 0 Å². The van der Waals surface area contributed by atoms with Crippen LogP contribution in [0, 0.1) is 0 Å². The minimum Gasteiger partial charge on any atom is -0.487 e. The fourth-order valence-corrected chi connectivity index (χ4v) is 5.70. The van der Waals surface area contributed by atoms with Crippen LogP contribution in [0.4, 0.5) is 24.7 Å². The summed E-state index contributed by atoms with van der Waals surface area (Å²) >= 11 is 0. The molecule has 11 nitrogen and oxygen atoms in total. The molecule has 3 aliphatic rings. The van der Waals surface area contributed by atoms with E-state index in [1.165, 1.54) is 5.56 Å². The first-order valence-electron chi connectivity index (χ1n) is 13.9. The second kappa shape index (κ2) is 12.2. The maximum absolute atomic E-state index is 13.2. The molecule has 0 spiro atoms. The van der Waals surface area contributed by atoms with E-state index < -0.39 is 29.0 Å². The molecule has 0 bridgehead atoms. The smallest absolute Gasteiger partial charge is 0.423 e. The van der Waals surface area contributed by atoms with Crippen molar-refractivity contribution in [2.24, 2.45) is 0 Å². The molecule has 2 aromatic rings. The van der Waals surface area contributed by atoms with Gasteiger partial charge in [0, 0.05) is 31.9 Å². The van der Waals surface area contributed by atoms with Gasteiger partial charge in [-0.15, -0.1) is 0 Å². The summed E-state index contributed by atoms with van der Waals surface area (Å²) in [4.78, 5) is 35.6. The van der Waals surface area contributed by atoms with Crippen LogP contribution in [0.2, 0.25) is 0 Å². The molecular weight excluding hydrogens is 543 g/mol. The average Bonchev–Trinajstić information content (AvgIpc) is 2.94. The van der Waals surface area contributed by atoms with Crippen molar-refractivity contribution in [1.82, 2.24) is 25.0 Å². The summed E-state index contributed by atoms with van der Waals surface area (Å²) < 4.78 is 51.4. The topological polar surface area (TPSA) is 116 Å². The first-order valence-corrected chi connectivity index (χ1v) is 13.9. The van der Waals surface area contributed by atoms with Crippen LogP contribution in [0.5, 0.6) is 5.75 Å². The van der Waals surface area contributed by atoms with Gasteiger partial charge in [0.15, 0.2) is 11.6 Å². The van der Waals surface area contributed by atoms with Crippen molar-refractivity contribution in [3.05, 3.63) is 39.9 Å². The molecule has 224 valence electrons. The normalized spacial score (nSPS) is 20.7. The van der Waals surface area contributed by atoms with E-state index in [0.29, 0.717) is 32.2 Å². The zero-order valence-corrected chi connectivity index (χ0v) is 23.2. The number of ether oxygens (including phenoxy) is 2. The van der Waals surface area contributed by atoms with Crippen LogP contribution in [0.15, 0.2) is 23.3 Å². The number of hydrogen-bond acceptors (Lipinski definition) is 9. The molecule has 2 N–H and O–H groups in total. The number of hydrogen-bond donors (Lipinski definition) is 2. The van der Waals surface area contributed by atoms with Crippen molar-refractivity contribution in [3.8, 4) is 5.75 Å². The van der Waals surface area contributed by atoms with E-state index in [-0.39, 0.29) is 31.6 Å². The van der Waals surface area contributed by atoms with Gasteiger partial charge >= 0.3 is 6.18 Å². The highest BCUT2D eigenvalue weighted by molar-refractivity contribution is 5.77. The number of alkyl halides is 3. The van der Waals surface area contributed by atoms with E-state index in [4.69, 9.17) is 14.5 Å². The van der Waals surface area contributed by atoms with Crippen LogP contribution < -0.4 is 20.5 Å². The number of aromatic amines is 1. The number of carbonyl (C=O) groups is 1. The first-order chi connectivity index (χ1) is 19.6. The maximum Gasteiger partial charge on any atom is 0.423 e. The summed E-state index contributed by atoms with van der Waals surface area (Å²) in [5, 5.41) is 7.86. The molecule has 0 radical (unpaired) electrons. The Morgan fingerprint density at radius 1 is 1.24 bits per heavy atom. The van der Waals surface area contributed by atoms with Gasteiger partial charge in [-0.2, -0.15) is 18.3 Å². The molecule has 0 aliphatic carbocycles. The fourth-order valence-electron chi connectivity index (χ4n) is 5.70. The van der Waals surface area contributed by atoms with Gasteiger partial charge in [-0.25, -0.2) is 10.1 Å². The second-order valence-corrected chi connectivity index (χ2v) is 11.0. The summed E-state index contributed by atoms with van der Waals surface area (Å²) in [6, 6.07) is 1.60. The summed E-state index contributed by atoms with van der Waals surface area (Å²) in [6.07, 6.45) is 0.444. The van der Waals surface area contributed by atoms with Crippen molar-refractivity contribution < 1.29 is 27.4 Å². The number of amides is 1. The molecule has 3 aliphatic heterocycles. The summed E-state index contributed by atoms with van der Waals surface area (Å²) in [5.41, 5.74) is -1.85. The molecule has 14 heteroatoms. The summed E-state index contributed by atoms with van der Waals surface area (Å²) in [7, 11) is 2.15. The molecule has 5 rings (SSSR count). The molecule has 5 heterocycles. The average molecular weight is 580 g/mol. The number of carbonyl (C=O) groups excluding carboxylic acids is 1. The molecule has 2 aromatic heterocycles. The minimum absolute atomic E-state index is 0.0116. The number of piperazine rings is 1. The third-order valence-corrected chi connectivity index (χ3v) is 7.95. The highest BCUT2D eigenvalue weighted by Crippen LogP contribution is 2.37. The fraction of sp³-hybridized carbons (Fsp3) is 0.630.